The fourth-order valence-corrected chi connectivity index (χ4v) is 6.74. The van der Waals surface area contributed by atoms with E-state index in [0.29, 0.717) is 34.6 Å². The SMILES string of the molecule is O=C(Cc1ccc2c(c1)sc1ncnc(Nc3ccc(OCc4cccc(F)c4)c(Cl)c3)c12)N(Cl)CC1CCCNC1. The zero-order chi connectivity index (χ0) is 29.1. The Morgan fingerprint density at radius 1 is 1.14 bits per heavy atom. The summed E-state index contributed by atoms with van der Waals surface area (Å²) in [7, 11) is 0. The predicted molar refractivity (Wildman–Crippen MR) is 167 cm³/mol. The molecule has 42 heavy (non-hydrogen) atoms. The Balaban J connectivity index is 1.16. The van der Waals surface area contributed by atoms with Crippen molar-refractivity contribution in [3.63, 3.8) is 0 Å². The van der Waals surface area contributed by atoms with Crippen LogP contribution in [0.2, 0.25) is 5.02 Å². The summed E-state index contributed by atoms with van der Waals surface area (Å²) < 4.78 is 21.6. The molecule has 7 nitrogen and oxygen atoms in total. The molecule has 1 atom stereocenters. The average molecular weight is 625 g/mol. The lowest BCUT2D eigenvalue weighted by Crippen LogP contribution is -2.37. The van der Waals surface area contributed by atoms with Crippen molar-refractivity contribution in [3.05, 3.63) is 89.0 Å². The molecule has 1 aliphatic rings. The number of benzene rings is 3. The maximum atomic E-state index is 13.5. The second kappa shape index (κ2) is 12.8. The van der Waals surface area contributed by atoms with E-state index < -0.39 is 0 Å². The van der Waals surface area contributed by atoms with Crippen LogP contribution in [0.5, 0.6) is 5.75 Å². The van der Waals surface area contributed by atoms with E-state index in [2.05, 4.69) is 20.6 Å². The van der Waals surface area contributed by atoms with Gasteiger partial charge in [0.2, 0.25) is 5.91 Å². The zero-order valence-corrected chi connectivity index (χ0v) is 24.9. The molecule has 2 N–H and O–H groups in total. The molecule has 0 saturated carbocycles. The van der Waals surface area contributed by atoms with Crippen LogP contribution >= 0.6 is 34.7 Å². The Morgan fingerprint density at radius 3 is 2.86 bits per heavy atom. The van der Waals surface area contributed by atoms with Crippen molar-refractivity contribution in [2.45, 2.75) is 25.9 Å². The van der Waals surface area contributed by atoms with Crippen molar-refractivity contribution in [2.24, 2.45) is 5.92 Å². The van der Waals surface area contributed by atoms with Crippen LogP contribution in [0.4, 0.5) is 15.9 Å². The summed E-state index contributed by atoms with van der Waals surface area (Å²) in [5, 5.41) is 9.02. The van der Waals surface area contributed by atoms with Crippen LogP contribution in [-0.2, 0) is 17.8 Å². The van der Waals surface area contributed by atoms with E-state index in [1.807, 2.05) is 24.3 Å². The normalized spacial score (nSPS) is 15.2. The third kappa shape index (κ3) is 6.60. The largest absolute Gasteiger partial charge is 0.487 e. The Bertz CT molecular complexity index is 1740. The van der Waals surface area contributed by atoms with Gasteiger partial charge < -0.3 is 15.4 Å². The Hall–Kier alpha value is -3.50. The van der Waals surface area contributed by atoms with Gasteiger partial charge in [-0.1, -0.05) is 35.9 Å². The molecule has 3 aromatic carbocycles. The summed E-state index contributed by atoms with van der Waals surface area (Å²) in [6, 6.07) is 17.6. The first-order chi connectivity index (χ1) is 20.4. The molecule has 2 aromatic heterocycles. The first kappa shape index (κ1) is 28.6. The fraction of sp³-hybridized carbons (Fsp3) is 0.258. The van der Waals surface area contributed by atoms with E-state index in [4.69, 9.17) is 28.1 Å². The van der Waals surface area contributed by atoms with Gasteiger partial charge in [-0.25, -0.2) is 14.4 Å². The summed E-state index contributed by atoms with van der Waals surface area (Å²) >= 11 is 14.4. The van der Waals surface area contributed by atoms with Crippen molar-refractivity contribution >= 4 is 72.4 Å². The molecular formula is C31H28Cl2FN5O2S. The van der Waals surface area contributed by atoms with Crippen molar-refractivity contribution < 1.29 is 13.9 Å². The molecule has 216 valence electrons. The van der Waals surface area contributed by atoms with Crippen molar-refractivity contribution in [3.8, 4) is 5.75 Å². The number of hydrogen-bond donors (Lipinski definition) is 2. The molecule has 5 aromatic rings. The lowest BCUT2D eigenvalue weighted by Gasteiger charge is -2.26. The Kier molecular flexibility index (Phi) is 8.71. The second-order valence-electron chi connectivity index (χ2n) is 10.4. The number of piperidine rings is 1. The third-order valence-corrected chi connectivity index (χ3v) is 8.94. The van der Waals surface area contributed by atoms with E-state index in [9.17, 15) is 9.18 Å². The van der Waals surface area contributed by atoms with Crippen LogP contribution in [0, 0.1) is 11.7 Å². The van der Waals surface area contributed by atoms with Crippen LogP contribution in [-0.4, -0.2) is 39.9 Å². The number of fused-ring (bicyclic) bond motifs is 3. The molecule has 1 saturated heterocycles. The molecule has 11 heteroatoms. The number of carbonyl (C=O) groups is 1. The minimum Gasteiger partial charge on any atom is -0.487 e. The highest BCUT2D eigenvalue weighted by Crippen LogP contribution is 2.38. The van der Waals surface area contributed by atoms with Gasteiger partial charge in [-0.05, 0) is 79.4 Å². The molecule has 1 unspecified atom stereocenters. The van der Waals surface area contributed by atoms with Crippen molar-refractivity contribution in [1.29, 1.82) is 0 Å². The molecule has 0 bridgehead atoms. The highest BCUT2D eigenvalue weighted by molar-refractivity contribution is 7.25. The van der Waals surface area contributed by atoms with Gasteiger partial charge in [-0.3, -0.25) is 9.21 Å². The second-order valence-corrected chi connectivity index (χ2v) is 12.2. The molecule has 1 fully saturated rings. The topological polar surface area (TPSA) is 79.4 Å². The summed E-state index contributed by atoms with van der Waals surface area (Å²) in [6.45, 7) is 2.67. The lowest BCUT2D eigenvalue weighted by molar-refractivity contribution is -0.126. The molecule has 0 spiro atoms. The van der Waals surface area contributed by atoms with Gasteiger partial charge in [0.15, 0.2) is 0 Å². The number of rotatable bonds is 9. The highest BCUT2D eigenvalue weighted by atomic mass is 35.5. The maximum absolute atomic E-state index is 13.5. The third-order valence-electron chi connectivity index (χ3n) is 7.26. The van der Waals surface area contributed by atoms with Gasteiger partial charge in [-0.15, -0.1) is 11.3 Å². The van der Waals surface area contributed by atoms with Crippen LogP contribution in [0.25, 0.3) is 20.3 Å². The minimum absolute atomic E-state index is 0.106. The molecule has 1 amide bonds. The highest BCUT2D eigenvalue weighted by Gasteiger charge is 2.20. The smallest absolute Gasteiger partial charge is 0.241 e. The fourth-order valence-electron chi connectivity index (χ4n) is 5.15. The summed E-state index contributed by atoms with van der Waals surface area (Å²) in [4.78, 5) is 22.7. The minimum atomic E-state index is -0.312. The number of nitrogens with zero attached hydrogens (tertiary/aromatic N) is 3. The average Bonchev–Trinajstić information content (AvgIpc) is 3.36. The Labute approximate surface area is 256 Å². The van der Waals surface area contributed by atoms with Gasteiger partial charge in [-0.2, -0.15) is 0 Å². The van der Waals surface area contributed by atoms with Gasteiger partial charge in [0, 0.05) is 34.1 Å². The zero-order valence-electron chi connectivity index (χ0n) is 22.6. The van der Waals surface area contributed by atoms with E-state index in [1.54, 1.807) is 35.6 Å². The number of aromatic nitrogens is 2. The van der Waals surface area contributed by atoms with Gasteiger partial charge in [0.25, 0.3) is 0 Å². The predicted octanol–water partition coefficient (Wildman–Crippen LogP) is 7.48. The van der Waals surface area contributed by atoms with E-state index in [-0.39, 0.29) is 24.8 Å². The summed E-state index contributed by atoms with van der Waals surface area (Å²) in [5.41, 5.74) is 2.34. The Morgan fingerprint density at radius 2 is 2.05 bits per heavy atom. The number of thiophene rings is 1. The molecular weight excluding hydrogens is 596 g/mol. The first-order valence-electron chi connectivity index (χ1n) is 13.7. The van der Waals surface area contributed by atoms with Gasteiger partial charge >= 0.3 is 0 Å². The van der Waals surface area contributed by atoms with Crippen LogP contribution in [0.1, 0.15) is 24.0 Å². The van der Waals surface area contributed by atoms with Crippen molar-refractivity contribution in [1.82, 2.24) is 19.7 Å². The maximum Gasteiger partial charge on any atom is 0.241 e. The van der Waals surface area contributed by atoms with E-state index >= 15 is 0 Å². The number of nitrogens with one attached hydrogen (secondary N) is 2. The number of hydrogen-bond acceptors (Lipinski definition) is 7. The first-order valence-corrected chi connectivity index (χ1v) is 15.2. The molecule has 0 radical (unpaired) electrons. The number of halogens is 3. The quantitative estimate of drug-likeness (QED) is 0.166. The molecule has 0 aliphatic carbocycles. The van der Waals surface area contributed by atoms with Crippen LogP contribution in [0.3, 0.4) is 0 Å². The number of anilines is 2. The summed E-state index contributed by atoms with van der Waals surface area (Å²) in [6.07, 6.45) is 3.94. The standard InChI is InChI=1S/C31H28Cl2FN5O2S/c32-25-14-23(7-9-26(25)41-17-20-3-1-5-22(34)11-20)38-30-29-24-8-6-19(12-27(24)42-31(29)37-18-36-30)13-28(40)39(33)16-21-4-2-10-35-15-21/h1,3,5-9,11-12,14,18,21,35H,2,4,10,13,15-17H2,(H,36,37,38). The van der Waals surface area contributed by atoms with Gasteiger partial charge in [0.05, 0.1) is 16.8 Å². The number of ether oxygens (including phenoxy) is 1. The monoisotopic (exact) mass is 623 g/mol. The summed E-state index contributed by atoms with van der Waals surface area (Å²) in [5.74, 6) is 1.10. The lowest BCUT2D eigenvalue weighted by atomic mass is 9.99. The van der Waals surface area contributed by atoms with E-state index in [0.717, 1.165) is 57.5 Å². The van der Waals surface area contributed by atoms with Crippen molar-refractivity contribution in [2.75, 3.05) is 25.0 Å². The molecule has 6 rings (SSSR count). The molecule has 3 heterocycles. The van der Waals surface area contributed by atoms with E-state index in [1.165, 1.54) is 22.9 Å². The number of carbonyl (C=O) groups excluding carboxylic acids is 1. The van der Waals surface area contributed by atoms with Gasteiger partial charge in [0.1, 0.15) is 35.1 Å². The molecule has 1 aliphatic heterocycles. The van der Waals surface area contributed by atoms with Crippen LogP contribution in [0.15, 0.2) is 67.0 Å². The van der Waals surface area contributed by atoms with Crippen LogP contribution < -0.4 is 15.4 Å². The number of amides is 1.